The van der Waals surface area contributed by atoms with Gasteiger partial charge < -0.3 is 83.1 Å². The highest BCUT2D eigenvalue weighted by Gasteiger charge is 2.55. The third-order valence-electron chi connectivity index (χ3n) is 21.2. The summed E-state index contributed by atoms with van der Waals surface area (Å²) in [5, 5.41) is 33.3. The summed E-state index contributed by atoms with van der Waals surface area (Å²) in [6.07, 6.45) is 3.14. The zero-order chi connectivity index (χ0) is 80.8. The quantitative estimate of drug-likeness (QED) is 0.0219. The number of methoxy groups -OCH3 is 2. The van der Waals surface area contributed by atoms with Crippen LogP contribution in [0.4, 0.5) is 16.2 Å². The van der Waals surface area contributed by atoms with Gasteiger partial charge in [0, 0.05) is 97.0 Å². The average molecular weight is 1570 g/mol. The fourth-order valence-electron chi connectivity index (χ4n) is 14.3. The molecule has 0 saturated carbocycles. The topological polar surface area (TPSA) is 345 Å². The number of nitrogens with one attached hydrogen (secondary N) is 1. The molecule has 4 aromatic carbocycles. The van der Waals surface area contributed by atoms with E-state index in [1.165, 1.54) is 42.9 Å². The first-order chi connectivity index (χ1) is 53.7. The number of carbonyl (C=O) groups excluding carboxylic acids is 7. The molecule has 608 valence electrons. The summed E-state index contributed by atoms with van der Waals surface area (Å²) < 4.78 is 54.2. The highest BCUT2D eigenvalue weighted by molar-refractivity contribution is 6.35. The van der Waals surface area contributed by atoms with Crippen molar-refractivity contribution in [2.24, 2.45) is 17.6 Å². The normalized spacial score (nSPS) is 21.6. The zero-order valence-corrected chi connectivity index (χ0v) is 66.6. The fourth-order valence-corrected chi connectivity index (χ4v) is 14.6. The molecule has 0 aliphatic carbocycles. The van der Waals surface area contributed by atoms with Crippen molar-refractivity contribution in [2.45, 2.75) is 166 Å². The van der Waals surface area contributed by atoms with Crippen molar-refractivity contribution in [2.75, 3.05) is 118 Å². The summed E-state index contributed by atoms with van der Waals surface area (Å²) in [7, 11) is 9.36. The minimum absolute atomic E-state index is 0.0166. The number of anilines is 2. The summed E-state index contributed by atoms with van der Waals surface area (Å²) in [5.41, 5.74) is 12.6. The van der Waals surface area contributed by atoms with Crippen LogP contribution in [-0.2, 0) is 97.4 Å². The number of benzene rings is 4. The number of esters is 1. The van der Waals surface area contributed by atoms with Gasteiger partial charge in [-0.1, -0.05) is 121 Å². The molecule has 0 spiro atoms. The molecule has 6 amide bonds. The van der Waals surface area contributed by atoms with Gasteiger partial charge in [-0.2, -0.15) is 0 Å². The maximum Gasteiger partial charge on any atom is 0.409 e. The fraction of sp³-hybridized carbons (Fsp3) is 0.537. The van der Waals surface area contributed by atoms with Crippen LogP contribution >= 0.6 is 11.6 Å². The number of aliphatic hydroxyl groups is 1. The molecule has 4 bridgehead atoms. The first kappa shape index (κ1) is 86.8. The minimum Gasteiger partial charge on any atom is -0.495 e. The van der Waals surface area contributed by atoms with Crippen LogP contribution < -0.4 is 25.6 Å². The van der Waals surface area contributed by atoms with Crippen molar-refractivity contribution in [1.29, 1.82) is 0 Å². The number of amides is 6. The van der Waals surface area contributed by atoms with Crippen LogP contribution in [0.2, 0.25) is 5.02 Å². The molecule has 112 heavy (non-hydrogen) atoms. The third-order valence-corrected chi connectivity index (χ3v) is 21.5. The lowest BCUT2D eigenvalue weighted by Gasteiger charge is -2.52. The van der Waals surface area contributed by atoms with Gasteiger partial charge >= 0.3 is 18.0 Å². The predicted octanol–water partition coefficient (Wildman–Crippen LogP) is 8.34. The Morgan fingerprint density at radius 1 is 0.777 bits per heavy atom. The van der Waals surface area contributed by atoms with Gasteiger partial charge in [-0.25, -0.2) is 14.3 Å². The van der Waals surface area contributed by atoms with Crippen LogP contribution in [-0.4, -0.2) is 244 Å². The average Bonchev–Trinajstić information content (AvgIpc) is 1.72. The number of hydrogen-bond donors (Lipinski definition) is 4. The summed E-state index contributed by atoms with van der Waals surface area (Å²) in [4.78, 5) is 115. The number of carboxylic acid groups (broad SMARTS) is 1. The van der Waals surface area contributed by atoms with E-state index in [4.69, 9.17) is 60.0 Å². The lowest BCUT2D eigenvalue weighted by atomic mass is 9.74. The van der Waals surface area contributed by atoms with Gasteiger partial charge in [0.1, 0.15) is 46.9 Å². The van der Waals surface area contributed by atoms with E-state index in [1.54, 1.807) is 64.2 Å². The molecule has 4 aliphatic rings. The van der Waals surface area contributed by atoms with Crippen molar-refractivity contribution >= 4 is 70.5 Å². The smallest absolute Gasteiger partial charge is 0.409 e. The second-order valence-electron chi connectivity index (χ2n) is 29.2. The Kier molecular flexibility index (Phi) is 32.2. The van der Waals surface area contributed by atoms with Crippen molar-refractivity contribution in [3.05, 3.63) is 136 Å². The second-order valence-corrected chi connectivity index (χ2v) is 29.6. The number of hydrogen-bond acceptors (Lipinski definition) is 21. The van der Waals surface area contributed by atoms with Crippen LogP contribution in [0.5, 0.6) is 5.75 Å². The minimum atomic E-state index is -1.89. The van der Waals surface area contributed by atoms with E-state index >= 15 is 0 Å². The lowest BCUT2D eigenvalue weighted by molar-refractivity contribution is -0.249. The SMILES string of the molecule is COc1cc2cc(c1Cl)N(C)C(=O)C[C@H](OC(=O)[C@H](C)N(C)C(=O)CCCC(=O)N(C)CCOCCOCCOCCOCCC(=O)N(C)CCCCCC(=O)N1Cc3ccccc3-c3nnn(Cc4ccc(CC(N)C(=O)O)cc4)c3-c3ccccc31)C1C(C)O[C@H]1[C@H](C)[C@@H]1C[C@@](O)(NC(=O)O1)[C@H](OC)/C=C/C=C(\C)C2. The number of aromatic nitrogens is 3. The van der Waals surface area contributed by atoms with Crippen LogP contribution in [0.25, 0.3) is 22.5 Å². The van der Waals surface area contributed by atoms with Crippen molar-refractivity contribution in [1.82, 2.24) is 35.0 Å². The monoisotopic (exact) mass is 1570 g/mol. The lowest BCUT2D eigenvalue weighted by Crippen LogP contribution is -2.66. The van der Waals surface area contributed by atoms with Crippen molar-refractivity contribution in [3.8, 4) is 28.3 Å². The molecular formula is C82H109ClN10O19. The van der Waals surface area contributed by atoms with E-state index < -0.39 is 90.0 Å². The number of nitrogens with two attached hydrogens (primary N) is 1. The molecule has 2 fully saturated rings. The molecular weight excluding hydrogens is 1460 g/mol. The maximum atomic E-state index is 14.5. The number of para-hydroxylation sites is 1. The van der Waals surface area contributed by atoms with Gasteiger partial charge in [0.05, 0.1) is 115 Å². The number of allylic oxidation sites excluding steroid dienone is 3. The second kappa shape index (κ2) is 41.6. The number of likely N-dealkylation sites (N-methyl/N-ethyl adjacent to an activating group) is 2. The highest BCUT2D eigenvalue weighted by atomic mass is 35.5. The van der Waals surface area contributed by atoms with Crippen LogP contribution in [0.3, 0.4) is 0 Å². The molecule has 0 radical (unpaired) electrons. The van der Waals surface area contributed by atoms with E-state index in [2.05, 4.69) is 15.6 Å². The number of carbonyl (C=O) groups is 8. The molecule has 5 aromatic rings. The highest BCUT2D eigenvalue weighted by Crippen LogP contribution is 2.45. The van der Waals surface area contributed by atoms with Gasteiger partial charge in [0.15, 0.2) is 5.72 Å². The van der Waals surface area contributed by atoms with E-state index in [0.29, 0.717) is 96.5 Å². The Hall–Kier alpha value is -9.17. The first-order valence-corrected chi connectivity index (χ1v) is 38.7. The summed E-state index contributed by atoms with van der Waals surface area (Å²) >= 11 is 6.87. The zero-order valence-electron chi connectivity index (χ0n) is 65.8. The summed E-state index contributed by atoms with van der Waals surface area (Å²) in [6.45, 7) is 11.0. The molecule has 2 saturated heterocycles. The Bertz CT molecular complexity index is 4120. The number of ether oxygens (including phenoxy) is 9. The Morgan fingerprint density at radius 2 is 1.42 bits per heavy atom. The Labute approximate surface area is 659 Å². The van der Waals surface area contributed by atoms with Crippen molar-refractivity contribution in [3.63, 3.8) is 0 Å². The van der Waals surface area contributed by atoms with E-state index in [9.17, 15) is 48.6 Å². The number of fused-ring (bicyclic) bond motifs is 10. The third kappa shape index (κ3) is 23.0. The Balaban J connectivity index is 0.625. The van der Waals surface area contributed by atoms with Gasteiger partial charge in [-0.15, -0.1) is 5.10 Å². The summed E-state index contributed by atoms with van der Waals surface area (Å²) in [5.74, 6) is -3.83. The molecule has 30 heteroatoms. The van der Waals surface area contributed by atoms with Crippen LogP contribution in [0, 0.1) is 11.8 Å². The molecule has 10 atom stereocenters. The van der Waals surface area contributed by atoms with Crippen LogP contribution in [0.15, 0.2) is 109 Å². The number of alkyl carbamates (subject to hydrolysis) is 1. The van der Waals surface area contributed by atoms with Crippen LogP contribution in [0.1, 0.15) is 114 Å². The standard InChI is InChI=1S/C82H109ClN10O19/c1-52-20-18-25-68(105-10)82(103)49-67(112-81(102)85-82)53(2)78-74(55(4)110-78)65(48-73(98)91(8)64-46-58(44-52)47-66(104-9)75(64)83)111-80(101)54(3)90(7)71(96)28-19-27-69(94)89(6)35-37-107-39-41-109-43-42-108-40-38-106-36-33-70(95)88(5)34-17-11-12-26-72(97)92-51-59-21-13-14-22-60(59)76-77(61-23-15-16-24-63(61)92)93(87-86-76)50-57-31-29-56(30-32-57)45-62(84)79(99)100/h13-16,18,20-25,29-32,46-47,53-55,62,65,67-68,74,78,103H,11-12,17,19,26-28,33-45,48-51,84H2,1-10H3,(H,85,102)(H,99,100)/b25-18+,52-20+/t53-,54+,55?,62?,65+,67+,68-,74?,78+,82+/m1/s1. The van der Waals surface area contributed by atoms with Gasteiger partial charge in [-0.05, 0) is 93.3 Å². The molecule has 3 unspecified atom stereocenters. The van der Waals surface area contributed by atoms with Crippen molar-refractivity contribution < 1.29 is 91.2 Å². The number of unbranched alkanes of at least 4 members (excludes halogenated alkanes) is 2. The number of rotatable bonds is 35. The molecule has 5 heterocycles. The number of halogens is 1. The number of aliphatic carboxylic acids is 1. The molecule has 29 nitrogen and oxygen atoms in total. The van der Waals surface area contributed by atoms with Gasteiger partial charge in [-0.3, -0.25) is 34.1 Å². The van der Waals surface area contributed by atoms with Gasteiger partial charge in [0.25, 0.3) is 0 Å². The maximum absolute atomic E-state index is 14.5. The van der Waals surface area contributed by atoms with E-state index in [-0.39, 0.29) is 80.9 Å². The molecule has 5 N–H and O–H groups in total. The molecule has 4 aliphatic heterocycles. The summed E-state index contributed by atoms with van der Waals surface area (Å²) in [6, 6.07) is 24.8. The van der Waals surface area contributed by atoms with Gasteiger partial charge in [0.2, 0.25) is 29.5 Å². The number of nitrogens with zero attached hydrogens (tertiary/aromatic N) is 8. The predicted molar refractivity (Wildman–Crippen MR) is 418 cm³/mol. The Morgan fingerprint density at radius 3 is 2.11 bits per heavy atom. The first-order valence-electron chi connectivity index (χ1n) is 38.3. The molecule has 1 aromatic heterocycles. The van der Waals surface area contributed by atoms with E-state index in [1.807, 2.05) is 95.4 Å². The number of carboxylic acids is 1. The molecule has 9 rings (SSSR count). The largest absolute Gasteiger partial charge is 0.495 e. The van der Waals surface area contributed by atoms with E-state index in [0.717, 1.165) is 68.9 Å².